The van der Waals surface area contributed by atoms with E-state index in [4.69, 9.17) is 9.05 Å². The molecule has 0 aliphatic rings. The molecule has 340 valence electrons. The highest BCUT2D eigenvalue weighted by molar-refractivity contribution is 7.45. The van der Waals surface area contributed by atoms with Gasteiger partial charge in [-0.25, -0.2) is 0 Å². The van der Waals surface area contributed by atoms with E-state index in [0.29, 0.717) is 17.4 Å². The number of phosphoric ester groups is 1. The molecule has 57 heavy (non-hydrogen) atoms. The summed E-state index contributed by atoms with van der Waals surface area (Å²) in [5.74, 6) is -0.194. The van der Waals surface area contributed by atoms with Crippen LogP contribution in [-0.4, -0.2) is 68.5 Å². The first-order chi connectivity index (χ1) is 27.5. The third-order valence-electron chi connectivity index (χ3n) is 11.2. The number of likely N-dealkylation sites (N-methyl/N-ethyl adjacent to an activating group) is 1. The van der Waals surface area contributed by atoms with Gasteiger partial charge < -0.3 is 28.8 Å². The number of nitrogens with zero attached hydrogens (tertiary/aromatic N) is 1. The van der Waals surface area contributed by atoms with Crippen LogP contribution in [0.25, 0.3) is 0 Å². The van der Waals surface area contributed by atoms with Crippen LogP contribution in [0.5, 0.6) is 0 Å². The fourth-order valence-electron chi connectivity index (χ4n) is 7.33. The number of phosphoric acid groups is 1. The second-order valence-electron chi connectivity index (χ2n) is 18.2. The van der Waals surface area contributed by atoms with Gasteiger partial charge >= 0.3 is 0 Å². The molecular weight excluding hydrogens is 732 g/mol. The van der Waals surface area contributed by atoms with E-state index in [1.165, 1.54) is 180 Å². The molecule has 3 unspecified atom stereocenters. The number of hydrogen-bond acceptors (Lipinski definition) is 6. The number of carbonyl (C=O) groups excluding carboxylic acids is 1. The predicted octanol–water partition coefficient (Wildman–Crippen LogP) is 13.3. The third-order valence-corrected chi connectivity index (χ3v) is 12.2. The van der Waals surface area contributed by atoms with Gasteiger partial charge in [-0.2, -0.15) is 0 Å². The molecule has 0 saturated heterocycles. The maximum Gasteiger partial charge on any atom is 0.268 e. The van der Waals surface area contributed by atoms with E-state index in [0.717, 1.165) is 38.5 Å². The van der Waals surface area contributed by atoms with Crippen LogP contribution >= 0.6 is 7.82 Å². The highest BCUT2D eigenvalue weighted by Crippen LogP contribution is 2.38. The van der Waals surface area contributed by atoms with Gasteiger partial charge in [-0.05, 0) is 19.3 Å². The van der Waals surface area contributed by atoms with E-state index in [1.807, 2.05) is 27.2 Å². The van der Waals surface area contributed by atoms with Crippen molar-refractivity contribution in [2.75, 3.05) is 40.9 Å². The fraction of sp³-hybridized carbons (Fsp3) is 0.938. The van der Waals surface area contributed by atoms with E-state index >= 15 is 0 Å². The molecule has 0 aliphatic heterocycles. The highest BCUT2D eigenvalue weighted by atomic mass is 31.2. The van der Waals surface area contributed by atoms with Crippen LogP contribution in [0, 0.1) is 0 Å². The Kier molecular flexibility index (Phi) is 40.1. The van der Waals surface area contributed by atoms with Crippen molar-refractivity contribution in [1.29, 1.82) is 0 Å². The minimum absolute atomic E-state index is 0.00231. The van der Waals surface area contributed by atoms with Crippen LogP contribution in [0.1, 0.15) is 239 Å². The first kappa shape index (κ1) is 56.2. The Morgan fingerprint density at radius 1 is 0.596 bits per heavy atom. The molecule has 0 aliphatic carbocycles. The quantitative estimate of drug-likeness (QED) is 0.0274. The minimum atomic E-state index is -4.58. The van der Waals surface area contributed by atoms with Crippen molar-refractivity contribution in [3.05, 3.63) is 12.2 Å². The van der Waals surface area contributed by atoms with Crippen molar-refractivity contribution in [2.24, 2.45) is 0 Å². The monoisotopic (exact) mass is 829 g/mol. The van der Waals surface area contributed by atoms with E-state index in [2.05, 4.69) is 19.2 Å². The zero-order valence-electron chi connectivity index (χ0n) is 38.6. The van der Waals surface area contributed by atoms with Gasteiger partial charge in [-0.3, -0.25) is 9.36 Å². The molecule has 0 saturated carbocycles. The second-order valence-corrected chi connectivity index (χ2v) is 19.6. The maximum absolute atomic E-state index is 12.9. The summed E-state index contributed by atoms with van der Waals surface area (Å²) in [6, 6.07) is -0.880. The van der Waals surface area contributed by atoms with Crippen LogP contribution in [0.15, 0.2) is 12.2 Å². The molecule has 0 fully saturated rings. The van der Waals surface area contributed by atoms with Crippen LogP contribution in [-0.2, 0) is 18.4 Å². The topological polar surface area (TPSA) is 108 Å². The lowest BCUT2D eigenvalue weighted by atomic mass is 10.0. The van der Waals surface area contributed by atoms with Gasteiger partial charge in [0.15, 0.2) is 0 Å². The molecule has 0 heterocycles. The summed E-state index contributed by atoms with van der Waals surface area (Å²) in [5.41, 5.74) is 0. The van der Waals surface area contributed by atoms with Crippen LogP contribution in [0.2, 0.25) is 0 Å². The lowest BCUT2D eigenvalue weighted by molar-refractivity contribution is -0.870. The van der Waals surface area contributed by atoms with Gasteiger partial charge in [0.05, 0.1) is 39.9 Å². The number of rotatable bonds is 45. The zero-order chi connectivity index (χ0) is 42.1. The minimum Gasteiger partial charge on any atom is -0.756 e. The van der Waals surface area contributed by atoms with E-state index in [9.17, 15) is 19.4 Å². The first-order valence-corrected chi connectivity index (χ1v) is 26.0. The SMILES string of the molecule is CCCCCCCCCCCCCCCCCCCCC/C=C/C(O)C(COP(=O)([O-])OCC[N+](C)(C)C)NC(=O)CCCCCCCCCCCCCCCC. The van der Waals surface area contributed by atoms with Gasteiger partial charge in [0.25, 0.3) is 7.82 Å². The van der Waals surface area contributed by atoms with Gasteiger partial charge in [0.1, 0.15) is 13.2 Å². The smallest absolute Gasteiger partial charge is 0.268 e. The van der Waals surface area contributed by atoms with E-state index < -0.39 is 20.0 Å². The lowest BCUT2D eigenvalue weighted by Crippen LogP contribution is -2.45. The summed E-state index contributed by atoms with van der Waals surface area (Å²) < 4.78 is 23.2. The standard InChI is InChI=1S/C48H97N2O6P/c1-6-8-10-12-14-16-18-20-22-23-24-25-26-27-28-29-31-33-35-37-39-41-47(51)46(45-56-57(53,54)55-44-43-50(3,4)5)49-48(52)42-40-38-36-34-32-30-21-19-17-15-13-11-9-7-2/h39,41,46-47,51H,6-38,40,42-45H2,1-5H3,(H-,49,52,53,54)/b41-39+. The molecule has 0 rings (SSSR count). The van der Waals surface area contributed by atoms with Crippen molar-refractivity contribution in [3.8, 4) is 0 Å². The molecular formula is C48H97N2O6P. The Morgan fingerprint density at radius 3 is 1.32 bits per heavy atom. The molecule has 0 aromatic carbocycles. The summed E-state index contributed by atoms with van der Waals surface area (Å²) in [5, 5.41) is 13.8. The maximum atomic E-state index is 12.9. The summed E-state index contributed by atoms with van der Waals surface area (Å²) in [7, 11) is 1.27. The van der Waals surface area contributed by atoms with Gasteiger partial charge in [-0.1, -0.05) is 225 Å². The molecule has 1 amide bonds. The molecule has 9 heteroatoms. The molecule has 0 aromatic rings. The number of aliphatic hydroxyl groups excluding tert-OH is 1. The van der Waals surface area contributed by atoms with Crippen molar-refractivity contribution >= 4 is 13.7 Å². The Morgan fingerprint density at radius 2 is 0.947 bits per heavy atom. The molecule has 0 spiro atoms. The molecule has 8 nitrogen and oxygen atoms in total. The van der Waals surface area contributed by atoms with E-state index in [1.54, 1.807) is 6.08 Å². The number of nitrogens with one attached hydrogen (secondary N) is 1. The summed E-state index contributed by atoms with van der Waals surface area (Å²) >= 11 is 0. The van der Waals surface area contributed by atoms with Crippen molar-refractivity contribution in [3.63, 3.8) is 0 Å². The molecule has 0 aromatic heterocycles. The Hall–Kier alpha value is -0.760. The van der Waals surface area contributed by atoms with Crippen molar-refractivity contribution in [1.82, 2.24) is 5.32 Å². The second kappa shape index (κ2) is 40.6. The van der Waals surface area contributed by atoms with E-state index in [-0.39, 0.29) is 19.1 Å². The Bertz CT molecular complexity index is 942. The van der Waals surface area contributed by atoms with Crippen molar-refractivity contribution in [2.45, 2.75) is 251 Å². The number of unbranched alkanes of at least 4 members (excludes halogenated alkanes) is 32. The number of amides is 1. The average Bonchev–Trinajstić information content (AvgIpc) is 3.16. The van der Waals surface area contributed by atoms with Crippen LogP contribution in [0.4, 0.5) is 0 Å². The van der Waals surface area contributed by atoms with Crippen molar-refractivity contribution < 1.29 is 32.9 Å². The lowest BCUT2D eigenvalue weighted by Gasteiger charge is -2.29. The third kappa shape index (κ3) is 43.1. The zero-order valence-corrected chi connectivity index (χ0v) is 39.5. The number of carbonyl (C=O) groups is 1. The summed E-state index contributed by atoms with van der Waals surface area (Å²) in [6.07, 6.45) is 46.9. The number of hydrogen-bond donors (Lipinski definition) is 2. The van der Waals surface area contributed by atoms with Gasteiger partial charge in [0.2, 0.25) is 5.91 Å². The molecule has 2 N–H and O–H groups in total. The highest BCUT2D eigenvalue weighted by Gasteiger charge is 2.23. The average molecular weight is 829 g/mol. The summed E-state index contributed by atoms with van der Waals surface area (Å²) in [6.45, 7) is 4.67. The molecule has 3 atom stereocenters. The number of aliphatic hydroxyl groups is 1. The number of quaternary nitrogens is 1. The van der Waals surface area contributed by atoms with Crippen LogP contribution in [0.3, 0.4) is 0 Å². The van der Waals surface area contributed by atoms with Gasteiger partial charge in [-0.15, -0.1) is 0 Å². The number of allylic oxidation sites excluding steroid dienone is 1. The van der Waals surface area contributed by atoms with Crippen LogP contribution < -0.4 is 10.2 Å². The fourth-order valence-corrected chi connectivity index (χ4v) is 8.05. The Labute approximate surface area is 354 Å². The molecule has 0 bridgehead atoms. The largest absolute Gasteiger partial charge is 0.756 e. The summed E-state index contributed by atoms with van der Waals surface area (Å²) in [4.78, 5) is 25.3. The predicted molar refractivity (Wildman–Crippen MR) is 242 cm³/mol. The first-order valence-electron chi connectivity index (χ1n) is 24.6. The normalized spacial score (nSPS) is 14.3. The van der Waals surface area contributed by atoms with Gasteiger partial charge in [0, 0.05) is 6.42 Å². The Balaban J connectivity index is 4.30. The molecule has 0 radical (unpaired) electrons.